The zero-order chi connectivity index (χ0) is 19.4. The molecule has 0 bridgehead atoms. The van der Waals surface area contributed by atoms with Crippen LogP contribution in [0.2, 0.25) is 5.02 Å². The van der Waals surface area contributed by atoms with Crippen molar-refractivity contribution < 1.29 is 23.5 Å². The molecule has 1 aliphatic rings. The summed E-state index contributed by atoms with van der Waals surface area (Å²) in [5.41, 5.74) is 1.00. The zero-order valence-corrected chi connectivity index (χ0v) is 15.4. The molecular weight excluding hydrogens is 375 g/mol. The maximum atomic E-state index is 13.2. The minimum absolute atomic E-state index is 0.0585. The van der Waals surface area contributed by atoms with Gasteiger partial charge in [0.15, 0.2) is 11.5 Å². The summed E-state index contributed by atoms with van der Waals surface area (Å²) in [6.07, 6.45) is 0.0585. The Balaban J connectivity index is 1.65. The summed E-state index contributed by atoms with van der Waals surface area (Å²) in [7, 11) is 0. The van der Waals surface area contributed by atoms with Crippen molar-refractivity contribution in [3.63, 3.8) is 0 Å². The van der Waals surface area contributed by atoms with E-state index in [1.165, 1.54) is 30.0 Å². The number of halogens is 2. The summed E-state index contributed by atoms with van der Waals surface area (Å²) in [5.74, 6) is 0.108. The Morgan fingerprint density at radius 3 is 2.59 bits per heavy atom. The molecule has 1 heterocycles. The summed E-state index contributed by atoms with van der Waals surface area (Å²) in [5, 5.41) is 2.56. The van der Waals surface area contributed by atoms with Crippen molar-refractivity contribution in [2.24, 2.45) is 0 Å². The van der Waals surface area contributed by atoms with Crippen molar-refractivity contribution in [2.75, 3.05) is 30.0 Å². The van der Waals surface area contributed by atoms with Crippen LogP contribution < -0.4 is 19.7 Å². The Morgan fingerprint density at radius 2 is 1.89 bits per heavy atom. The summed E-state index contributed by atoms with van der Waals surface area (Å²) >= 11 is 5.70. The first-order valence-corrected chi connectivity index (χ1v) is 8.74. The molecule has 27 heavy (non-hydrogen) atoms. The van der Waals surface area contributed by atoms with Gasteiger partial charge in [-0.3, -0.25) is 9.59 Å². The number of amides is 2. The van der Waals surface area contributed by atoms with Gasteiger partial charge in [-0.25, -0.2) is 4.39 Å². The van der Waals surface area contributed by atoms with E-state index in [2.05, 4.69) is 5.32 Å². The van der Waals surface area contributed by atoms with Crippen molar-refractivity contribution in [3.05, 3.63) is 47.2 Å². The first kappa shape index (κ1) is 19.0. The number of carbonyl (C=O) groups excluding carboxylic acids is 2. The lowest BCUT2D eigenvalue weighted by Gasteiger charge is -2.24. The molecular formula is C19H18ClFN2O4. The lowest BCUT2D eigenvalue weighted by Crippen LogP contribution is -2.32. The lowest BCUT2D eigenvalue weighted by molar-refractivity contribution is -0.117. The molecule has 2 amide bonds. The van der Waals surface area contributed by atoms with Gasteiger partial charge in [-0.05, 0) is 30.3 Å². The average molecular weight is 393 g/mol. The SMILES string of the molecule is CC(=O)N(CCC(=O)Nc1ccc(F)c(Cl)c1)c1ccc2c(c1)OCCO2. The van der Waals surface area contributed by atoms with Crippen LogP contribution in [-0.4, -0.2) is 31.6 Å². The molecule has 8 heteroatoms. The highest BCUT2D eigenvalue weighted by atomic mass is 35.5. The van der Waals surface area contributed by atoms with E-state index in [9.17, 15) is 14.0 Å². The first-order chi connectivity index (χ1) is 12.9. The number of anilines is 2. The van der Waals surface area contributed by atoms with Crippen LogP contribution in [0.3, 0.4) is 0 Å². The molecule has 0 unspecified atom stereocenters. The second-order valence-corrected chi connectivity index (χ2v) is 6.33. The van der Waals surface area contributed by atoms with Gasteiger partial charge in [-0.2, -0.15) is 0 Å². The number of hydrogen-bond donors (Lipinski definition) is 1. The van der Waals surface area contributed by atoms with Crippen LogP contribution in [0.4, 0.5) is 15.8 Å². The maximum absolute atomic E-state index is 13.2. The van der Waals surface area contributed by atoms with Gasteiger partial charge in [0.1, 0.15) is 19.0 Å². The predicted molar refractivity (Wildman–Crippen MR) is 100 cm³/mol. The van der Waals surface area contributed by atoms with Crippen molar-refractivity contribution >= 4 is 34.8 Å². The number of benzene rings is 2. The molecule has 0 atom stereocenters. The number of nitrogens with zero attached hydrogens (tertiary/aromatic N) is 1. The fourth-order valence-corrected chi connectivity index (χ4v) is 2.86. The van der Waals surface area contributed by atoms with E-state index in [1.54, 1.807) is 18.2 Å². The fraction of sp³-hybridized carbons (Fsp3) is 0.263. The standard InChI is InChI=1S/C19H18ClFN2O4/c1-12(24)23(14-3-5-17-18(11-14)27-9-8-26-17)7-6-19(25)22-13-2-4-16(21)15(20)10-13/h2-5,10-11H,6-9H2,1H3,(H,22,25). The van der Waals surface area contributed by atoms with Crippen molar-refractivity contribution in [1.29, 1.82) is 0 Å². The number of rotatable bonds is 5. The summed E-state index contributed by atoms with van der Waals surface area (Å²) in [6, 6.07) is 9.12. The van der Waals surface area contributed by atoms with Gasteiger partial charge < -0.3 is 19.7 Å². The predicted octanol–water partition coefficient (Wildman–Crippen LogP) is 3.63. The van der Waals surface area contributed by atoms with E-state index in [0.29, 0.717) is 36.1 Å². The van der Waals surface area contributed by atoms with Gasteiger partial charge in [0.05, 0.1) is 5.02 Å². The van der Waals surface area contributed by atoms with Crippen molar-refractivity contribution in [3.8, 4) is 11.5 Å². The summed E-state index contributed by atoms with van der Waals surface area (Å²) in [4.78, 5) is 25.7. The van der Waals surface area contributed by atoms with Crippen molar-refractivity contribution in [1.82, 2.24) is 0 Å². The van der Waals surface area contributed by atoms with Gasteiger partial charge >= 0.3 is 0 Å². The molecule has 1 aliphatic heterocycles. The monoisotopic (exact) mass is 392 g/mol. The molecule has 1 N–H and O–H groups in total. The number of carbonyl (C=O) groups is 2. The van der Waals surface area contributed by atoms with Crippen molar-refractivity contribution in [2.45, 2.75) is 13.3 Å². The minimum Gasteiger partial charge on any atom is -0.486 e. The average Bonchev–Trinajstić information content (AvgIpc) is 2.64. The number of ether oxygens (including phenoxy) is 2. The largest absolute Gasteiger partial charge is 0.486 e. The Hall–Kier alpha value is -2.80. The smallest absolute Gasteiger partial charge is 0.226 e. The Kier molecular flexibility index (Phi) is 5.81. The lowest BCUT2D eigenvalue weighted by atomic mass is 10.2. The second kappa shape index (κ2) is 8.26. The van der Waals surface area contributed by atoms with Crippen LogP contribution in [0.5, 0.6) is 11.5 Å². The van der Waals surface area contributed by atoms with Gasteiger partial charge in [-0.15, -0.1) is 0 Å². The highest BCUT2D eigenvalue weighted by Gasteiger charge is 2.18. The molecule has 2 aromatic rings. The maximum Gasteiger partial charge on any atom is 0.226 e. The van der Waals surface area contributed by atoms with E-state index in [4.69, 9.17) is 21.1 Å². The third kappa shape index (κ3) is 4.68. The summed E-state index contributed by atoms with van der Waals surface area (Å²) < 4.78 is 24.2. The molecule has 0 aromatic heterocycles. The Bertz CT molecular complexity index is 875. The van der Waals surface area contributed by atoms with Crippen LogP contribution in [0.1, 0.15) is 13.3 Å². The van der Waals surface area contributed by atoms with E-state index >= 15 is 0 Å². The summed E-state index contributed by atoms with van der Waals surface area (Å²) in [6.45, 7) is 2.53. The Labute approximate surface area is 160 Å². The second-order valence-electron chi connectivity index (χ2n) is 5.93. The van der Waals surface area contributed by atoms with E-state index < -0.39 is 5.82 Å². The molecule has 0 saturated carbocycles. The number of nitrogens with one attached hydrogen (secondary N) is 1. The quantitative estimate of drug-likeness (QED) is 0.843. The van der Waals surface area contributed by atoms with Crippen LogP contribution in [0.25, 0.3) is 0 Å². The van der Waals surface area contributed by atoms with E-state index in [0.717, 1.165) is 0 Å². The van der Waals surface area contributed by atoms with Gasteiger partial charge in [-0.1, -0.05) is 11.6 Å². The number of fused-ring (bicyclic) bond motifs is 1. The van der Waals surface area contributed by atoms with Crippen LogP contribution >= 0.6 is 11.6 Å². The van der Waals surface area contributed by atoms with E-state index in [-0.39, 0.29) is 29.8 Å². The molecule has 0 fully saturated rings. The topological polar surface area (TPSA) is 67.9 Å². The molecule has 3 rings (SSSR count). The number of hydrogen-bond acceptors (Lipinski definition) is 4. The molecule has 0 saturated heterocycles. The van der Waals surface area contributed by atoms with E-state index in [1.807, 2.05) is 0 Å². The third-order valence-electron chi connectivity index (χ3n) is 3.98. The van der Waals surface area contributed by atoms with Gasteiger partial charge in [0.2, 0.25) is 11.8 Å². The molecule has 142 valence electrons. The van der Waals surface area contributed by atoms with Crippen LogP contribution in [-0.2, 0) is 9.59 Å². The minimum atomic E-state index is -0.559. The molecule has 0 aliphatic carbocycles. The zero-order valence-electron chi connectivity index (χ0n) is 14.6. The molecule has 0 spiro atoms. The van der Waals surface area contributed by atoms with Gasteiger partial charge in [0, 0.05) is 37.3 Å². The van der Waals surface area contributed by atoms with Gasteiger partial charge in [0.25, 0.3) is 0 Å². The third-order valence-corrected chi connectivity index (χ3v) is 4.27. The molecule has 0 radical (unpaired) electrons. The highest BCUT2D eigenvalue weighted by molar-refractivity contribution is 6.31. The Morgan fingerprint density at radius 1 is 1.15 bits per heavy atom. The normalized spacial score (nSPS) is 12.4. The molecule has 6 nitrogen and oxygen atoms in total. The van der Waals surface area contributed by atoms with Crippen LogP contribution in [0.15, 0.2) is 36.4 Å². The van der Waals surface area contributed by atoms with Crippen LogP contribution in [0, 0.1) is 5.82 Å². The highest BCUT2D eigenvalue weighted by Crippen LogP contribution is 2.34. The fourth-order valence-electron chi connectivity index (χ4n) is 2.68. The molecule has 2 aromatic carbocycles. The first-order valence-electron chi connectivity index (χ1n) is 8.36.